The van der Waals surface area contributed by atoms with Crippen LogP contribution in [0.2, 0.25) is 0 Å². The van der Waals surface area contributed by atoms with Crippen molar-refractivity contribution in [2.24, 2.45) is 46.3 Å². The normalized spacial score (nSPS) is 39.4. The van der Waals surface area contributed by atoms with E-state index in [9.17, 15) is 0 Å². The predicted octanol–water partition coefficient (Wildman–Crippen LogP) is 9.78. The Labute approximate surface area is 216 Å². The fourth-order valence-corrected chi connectivity index (χ4v) is 9.56. The second-order valence-electron chi connectivity index (χ2n) is 14.1. The van der Waals surface area contributed by atoms with Gasteiger partial charge in [0.05, 0.1) is 0 Å². The average Bonchev–Trinajstić information content (AvgIpc) is 3.18. The Kier molecular flexibility index (Phi) is 7.19. The molecule has 5 rings (SSSR count). The van der Waals surface area contributed by atoms with Gasteiger partial charge in [0.1, 0.15) is 11.9 Å². The number of allylic oxidation sites excluding steroid dienone is 1. The highest BCUT2D eigenvalue weighted by atomic mass is 16.5. The molecule has 0 aliphatic heterocycles. The van der Waals surface area contributed by atoms with E-state index < -0.39 is 0 Å². The SMILES string of the molecule is Cc1ccc(O[C@@H]2CC[C@]3(C)C(=CC[C@H]4[C@@H]5CC[C@H]([C@H](C)CCCC(C)C)[C@]5(C)CC[C@@H]43)C2)cc1. The molecule has 3 fully saturated rings. The van der Waals surface area contributed by atoms with Gasteiger partial charge < -0.3 is 4.74 Å². The van der Waals surface area contributed by atoms with Gasteiger partial charge in [-0.05, 0) is 110 Å². The number of ether oxygens (including phenoxy) is 1. The van der Waals surface area contributed by atoms with Crippen molar-refractivity contribution in [3.8, 4) is 5.75 Å². The van der Waals surface area contributed by atoms with Gasteiger partial charge in [-0.2, -0.15) is 0 Å². The summed E-state index contributed by atoms with van der Waals surface area (Å²) in [7, 11) is 0. The molecule has 1 nitrogen and oxygen atoms in total. The van der Waals surface area contributed by atoms with E-state index in [1.54, 1.807) is 5.57 Å². The third-order valence-electron chi connectivity index (χ3n) is 11.6. The van der Waals surface area contributed by atoms with E-state index in [1.807, 2.05) is 0 Å². The lowest BCUT2D eigenvalue weighted by Gasteiger charge is -2.58. The molecule has 0 aromatic heterocycles. The number of hydrogen-bond donors (Lipinski definition) is 0. The fourth-order valence-electron chi connectivity index (χ4n) is 9.56. The first kappa shape index (κ1) is 25.4. The molecule has 3 saturated carbocycles. The molecule has 0 N–H and O–H groups in total. The molecular weight excluding hydrogens is 424 g/mol. The third-order valence-corrected chi connectivity index (χ3v) is 11.6. The van der Waals surface area contributed by atoms with E-state index in [0.29, 0.717) is 16.9 Å². The average molecular weight is 477 g/mol. The number of aryl methyl sites for hydroxylation is 1. The van der Waals surface area contributed by atoms with Crippen molar-refractivity contribution in [2.75, 3.05) is 0 Å². The van der Waals surface area contributed by atoms with Crippen LogP contribution in [-0.4, -0.2) is 6.10 Å². The lowest BCUT2D eigenvalue weighted by atomic mass is 9.47. The first-order chi connectivity index (χ1) is 16.7. The molecule has 4 aliphatic carbocycles. The smallest absolute Gasteiger partial charge is 0.119 e. The summed E-state index contributed by atoms with van der Waals surface area (Å²) in [5.74, 6) is 6.53. The monoisotopic (exact) mass is 476 g/mol. The van der Waals surface area contributed by atoms with E-state index in [2.05, 4.69) is 71.9 Å². The van der Waals surface area contributed by atoms with Crippen LogP contribution >= 0.6 is 0 Å². The molecule has 0 saturated heterocycles. The van der Waals surface area contributed by atoms with Gasteiger partial charge in [0.25, 0.3) is 0 Å². The number of fused-ring (bicyclic) bond motifs is 5. The second-order valence-corrected chi connectivity index (χ2v) is 14.1. The maximum absolute atomic E-state index is 6.47. The fraction of sp³-hybridized carbons (Fsp3) is 0.765. The molecule has 0 radical (unpaired) electrons. The summed E-state index contributed by atoms with van der Waals surface area (Å²) < 4.78 is 6.47. The molecule has 0 amide bonds. The number of hydrogen-bond acceptors (Lipinski definition) is 1. The van der Waals surface area contributed by atoms with Crippen molar-refractivity contribution in [3.63, 3.8) is 0 Å². The van der Waals surface area contributed by atoms with Crippen molar-refractivity contribution >= 4 is 0 Å². The molecule has 1 heteroatoms. The molecule has 194 valence electrons. The third kappa shape index (κ3) is 4.75. The van der Waals surface area contributed by atoms with Gasteiger partial charge in [-0.1, -0.05) is 83.2 Å². The van der Waals surface area contributed by atoms with Gasteiger partial charge in [-0.3, -0.25) is 0 Å². The van der Waals surface area contributed by atoms with Crippen molar-refractivity contribution in [2.45, 2.75) is 118 Å². The van der Waals surface area contributed by atoms with Crippen LogP contribution in [0, 0.1) is 53.3 Å². The highest BCUT2D eigenvalue weighted by Gasteiger charge is 2.59. The standard InChI is InChI=1S/C34H52O/c1-23(2)8-7-9-25(4)30-16-17-31-29-15-12-26-22-28(35-27-13-10-24(3)11-14-27)18-20-33(26,5)32(29)19-21-34(30,31)6/h10-14,23,25,28-32H,7-9,15-22H2,1-6H3/t25-,28-,29+,30-,31+,32+,33-,34+/m1/s1. The lowest BCUT2D eigenvalue weighted by Crippen LogP contribution is -2.51. The van der Waals surface area contributed by atoms with Crippen LogP contribution in [-0.2, 0) is 0 Å². The van der Waals surface area contributed by atoms with Crippen LogP contribution in [0.15, 0.2) is 35.9 Å². The molecule has 0 spiro atoms. The summed E-state index contributed by atoms with van der Waals surface area (Å²) in [6.07, 6.45) is 18.3. The molecule has 0 unspecified atom stereocenters. The van der Waals surface area contributed by atoms with Crippen LogP contribution in [0.4, 0.5) is 0 Å². The number of benzene rings is 1. The zero-order chi connectivity index (χ0) is 24.8. The van der Waals surface area contributed by atoms with Crippen molar-refractivity contribution in [1.29, 1.82) is 0 Å². The quantitative estimate of drug-likeness (QED) is 0.356. The van der Waals surface area contributed by atoms with Gasteiger partial charge in [0.2, 0.25) is 0 Å². The second kappa shape index (κ2) is 9.90. The van der Waals surface area contributed by atoms with Crippen LogP contribution in [0.3, 0.4) is 0 Å². The maximum Gasteiger partial charge on any atom is 0.119 e. The first-order valence-electron chi connectivity index (χ1n) is 15.1. The van der Waals surface area contributed by atoms with E-state index in [1.165, 1.54) is 69.8 Å². The molecule has 0 bridgehead atoms. The summed E-state index contributed by atoms with van der Waals surface area (Å²) in [6.45, 7) is 14.9. The van der Waals surface area contributed by atoms with Crippen molar-refractivity contribution in [1.82, 2.24) is 0 Å². The zero-order valence-electron chi connectivity index (χ0n) is 23.6. The zero-order valence-corrected chi connectivity index (χ0v) is 23.6. The Morgan fingerprint density at radius 3 is 2.43 bits per heavy atom. The first-order valence-corrected chi connectivity index (χ1v) is 15.1. The largest absolute Gasteiger partial charge is 0.490 e. The van der Waals surface area contributed by atoms with E-state index in [0.717, 1.165) is 47.7 Å². The Hall–Kier alpha value is -1.24. The summed E-state index contributed by atoms with van der Waals surface area (Å²) >= 11 is 0. The minimum atomic E-state index is 0.352. The summed E-state index contributed by atoms with van der Waals surface area (Å²) in [5, 5.41) is 0. The Morgan fingerprint density at radius 2 is 1.69 bits per heavy atom. The highest BCUT2D eigenvalue weighted by Crippen LogP contribution is 2.67. The topological polar surface area (TPSA) is 9.23 Å². The van der Waals surface area contributed by atoms with E-state index in [-0.39, 0.29) is 0 Å². The van der Waals surface area contributed by atoms with Gasteiger partial charge in [-0.25, -0.2) is 0 Å². The van der Waals surface area contributed by atoms with Crippen LogP contribution in [0.5, 0.6) is 5.75 Å². The summed E-state index contributed by atoms with van der Waals surface area (Å²) in [5.41, 5.74) is 4.05. The van der Waals surface area contributed by atoms with E-state index in [4.69, 9.17) is 4.74 Å². The van der Waals surface area contributed by atoms with Crippen LogP contribution in [0.25, 0.3) is 0 Å². The van der Waals surface area contributed by atoms with Crippen LogP contribution < -0.4 is 4.74 Å². The van der Waals surface area contributed by atoms with Gasteiger partial charge >= 0.3 is 0 Å². The maximum atomic E-state index is 6.47. The van der Waals surface area contributed by atoms with Gasteiger partial charge in [0, 0.05) is 6.42 Å². The molecule has 1 aromatic rings. The van der Waals surface area contributed by atoms with Gasteiger partial charge in [0.15, 0.2) is 0 Å². The molecular formula is C34H52O. The Bertz CT molecular complexity index is 896. The lowest BCUT2D eigenvalue weighted by molar-refractivity contribution is -0.0559. The van der Waals surface area contributed by atoms with Crippen molar-refractivity contribution in [3.05, 3.63) is 41.5 Å². The minimum absolute atomic E-state index is 0.352. The highest BCUT2D eigenvalue weighted by molar-refractivity contribution is 5.29. The molecule has 35 heavy (non-hydrogen) atoms. The minimum Gasteiger partial charge on any atom is -0.490 e. The Morgan fingerprint density at radius 1 is 0.914 bits per heavy atom. The number of rotatable bonds is 7. The molecule has 4 aliphatic rings. The molecule has 1 aromatic carbocycles. The van der Waals surface area contributed by atoms with E-state index >= 15 is 0 Å². The molecule has 8 atom stereocenters. The van der Waals surface area contributed by atoms with Crippen LogP contribution in [0.1, 0.15) is 111 Å². The molecule has 0 heterocycles. The predicted molar refractivity (Wildman–Crippen MR) is 149 cm³/mol. The summed E-state index contributed by atoms with van der Waals surface area (Å²) in [6, 6.07) is 8.64. The van der Waals surface area contributed by atoms with Gasteiger partial charge in [-0.15, -0.1) is 0 Å². The summed E-state index contributed by atoms with van der Waals surface area (Å²) in [4.78, 5) is 0. The Balaban J connectivity index is 1.26. The van der Waals surface area contributed by atoms with Crippen molar-refractivity contribution < 1.29 is 4.74 Å².